The Bertz CT molecular complexity index is 376. The van der Waals surface area contributed by atoms with E-state index < -0.39 is 0 Å². The Morgan fingerprint density at radius 3 is 2.15 bits per heavy atom. The van der Waals surface area contributed by atoms with E-state index in [1.807, 2.05) is 0 Å². The van der Waals surface area contributed by atoms with Gasteiger partial charge in [-0.05, 0) is 51.6 Å². The summed E-state index contributed by atoms with van der Waals surface area (Å²) in [6.45, 7) is 15.6. The van der Waals surface area contributed by atoms with Crippen LogP contribution in [-0.4, -0.2) is 24.7 Å². The van der Waals surface area contributed by atoms with Gasteiger partial charge in [-0.15, -0.1) is 0 Å². The Labute approximate surface area is 125 Å². The molecule has 2 N–H and O–H groups in total. The van der Waals surface area contributed by atoms with Crippen molar-refractivity contribution < 1.29 is 0 Å². The molecule has 0 aliphatic heterocycles. The van der Waals surface area contributed by atoms with E-state index in [1.165, 1.54) is 5.56 Å². The quantitative estimate of drug-likeness (QED) is 0.793. The highest BCUT2D eigenvalue weighted by Gasteiger charge is 2.20. The minimum Gasteiger partial charge on any atom is -0.313 e. The Morgan fingerprint density at radius 2 is 1.60 bits per heavy atom. The molecule has 0 fully saturated rings. The number of rotatable bonds is 7. The third-order valence-corrected chi connectivity index (χ3v) is 3.74. The molecule has 0 aliphatic rings. The van der Waals surface area contributed by atoms with E-state index in [0.717, 1.165) is 19.5 Å². The first kappa shape index (κ1) is 17.2. The molecule has 0 aromatic heterocycles. The average Bonchev–Trinajstić information content (AvgIpc) is 2.36. The van der Waals surface area contributed by atoms with Crippen molar-refractivity contribution >= 4 is 0 Å². The molecule has 114 valence electrons. The minimum absolute atomic E-state index is 0.194. The lowest BCUT2D eigenvalue weighted by atomic mass is 9.81. The first-order valence-electron chi connectivity index (χ1n) is 7.75. The highest BCUT2D eigenvalue weighted by atomic mass is 15.0. The molecule has 0 spiro atoms. The topological polar surface area (TPSA) is 24.1 Å². The van der Waals surface area contributed by atoms with Crippen LogP contribution in [0, 0.1) is 0 Å². The molecular weight excluding hydrogens is 244 g/mol. The van der Waals surface area contributed by atoms with E-state index in [4.69, 9.17) is 0 Å². The van der Waals surface area contributed by atoms with Gasteiger partial charge in [-0.2, -0.15) is 0 Å². The summed E-state index contributed by atoms with van der Waals surface area (Å²) in [7, 11) is 0. The fourth-order valence-electron chi connectivity index (χ4n) is 2.20. The molecule has 1 unspecified atom stereocenters. The van der Waals surface area contributed by atoms with Crippen LogP contribution in [-0.2, 0) is 5.41 Å². The van der Waals surface area contributed by atoms with Crippen LogP contribution in [0.15, 0.2) is 30.3 Å². The van der Waals surface area contributed by atoms with Crippen molar-refractivity contribution in [2.45, 2.75) is 65.0 Å². The summed E-state index contributed by atoms with van der Waals surface area (Å²) in [6.07, 6.45) is 1.15. The maximum Gasteiger partial charge on any atom is 0.0164 e. The van der Waals surface area contributed by atoms with Gasteiger partial charge >= 0.3 is 0 Å². The normalized spacial score (nSPS) is 14.3. The van der Waals surface area contributed by atoms with E-state index in [1.54, 1.807) is 0 Å². The van der Waals surface area contributed by atoms with Crippen LogP contribution in [0.3, 0.4) is 0 Å². The van der Waals surface area contributed by atoms with Gasteiger partial charge in [-0.1, -0.05) is 44.2 Å². The zero-order valence-corrected chi connectivity index (χ0v) is 14.1. The molecule has 2 nitrogen and oxygen atoms in total. The molecule has 0 amide bonds. The molecule has 1 aromatic rings. The molecule has 0 heterocycles. The first-order chi connectivity index (χ1) is 9.21. The maximum absolute atomic E-state index is 3.62. The van der Waals surface area contributed by atoms with Crippen molar-refractivity contribution in [3.8, 4) is 0 Å². The van der Waals surface area contributed by atoms with Crippen LogP contribution in [0.4, 0.5) is 0 Å². The van der Waals surface area contributed by atoms with E-state index >= 15 is 0 Å². The first-order valence-corrected chi connectivity index (χ1v) is 7.75. The molecule has 0 radical (unpaired) electrons. The number of hydrogen-bond donors (Lipinski definition) is 2. The summed E-state index contributed by atoms with van der Waals surface area (Å²) in [5.74, 6) is 0. The molecule has 0 bridgehead atoms. The van der Waals surface area contributed by atoms with Crippen LogP contribution >= 0.6 is 0 Å². The molecule has 20 heavy (non-hydrogen) atoms. The Balaban J connectivity index is 2.33. The summed E-state index contributed by atoms with van der Waals surface area (Å²) in [6, 6.07) is 11.3. The Morgan fingerprint density at radius 1 is 1.00 bits per heavy atom. The van der Waals surface area contributed by atoms with Crippen LogP contribution in [0.25, 0.3) is 0 Å². The van der Waals surface area contributed by atoms with Crippen LogP contribution in [0.5, 0.6) is 0 Å². The second kappa shape index (κ2) is 7.24. The zero-order chi connectivity index (χ0) is 15.2. The number of nitrogens with one attached hydrogen (secondary N) is 2. The number of hydrogen-bond acceptors (Lipinski definition) is 2. The second-order valence-electron chi connectivity index (χ2n) is 7.49. The molecular formula is C18H32N2. The highest BCUT2D eigenvalue weighted by Crippen LogP contribution is 2.26. The van der Waals surface area contributed by atoms with Crippen molar-refractivity contribution in [1.29, 1.82) is 0 Å². The smallest absolute Gasteiger partial charge is 0.0164 e. The van der Waals surface area contributed by atoms with E-state index in [0.29, 0.717) is 6.04 Å². The van der Waals surface area contributed by atoms with Gasteiger partial charge in [0.15, 0.2) is 0 Å². The molecule has 1 aromatic carbocycles. The number of benzene rings is 1. The minimum atomic E-state index is 0.194. The average molecular weight is 276 g/mol. The van der Waals surface area contributed by atoms with Crippen molar-refractivity contribution in [1.82, 2.24) is 10.6 Å². The van der Waals surface area contributed by atoms with Crippen molar-refractivity contribution in [2.24, 2.45) is 0 Å². The molecule has 0 saturated carbocycles. The fraction of sp³-hybridized carbons (Fsp3) is 0.667. The van der Waals surface area contributed by atoms with Gasteiger partial charge in [-0.25, -0.2) is 0 Å². The summed E-state index contributed by atoms with van der Waals surface area (Å²) < 4.78 is 0. The molecule has 2 heteroatoms. The van der Waals surface area contributed by atoms with Crippen molar-refractivity contribution in [3.05, 3.63) is 35.9 Å². The van der Waals surface area contributed by atoms with Crippen LogP contribution in [0.1, 0.15) is 53.5 Å². The van der Waals surface area contributed by atoms with Gasteiger partial charge in [0.25, 0.3) is 0 Å². The third-order valence-electron chi connectivity index (χ3n) is 3.74. The van der Waals surface area contributed by atoms with Crippen molar-refractivity contribution in [3.63, 3.8) is 0 Å². The van der Waals surface area contributed by atoms with Gasteiger partial charge in [0.05, 0.1) is 0 Å². The van der Waals surface area contributed by atoms with E-state index in [9.17, 15) is 0 Å². The largest absolute Gasteiger partial charge is 0.313 e. The Hall–Kier alpha value is -0.860. The SMILES string of the molecule is CC(CNC(C)(C)C)NCCC(C)(C)c1ccccc1. The standard InChI is InChI=1S/C18H32N2/c1-15(14-20-17(2,3)4)19-13-12-18(5,6)16-10-8-7-9-11-16/h7-11,15,19-20H,12-14H2,1-6H3. The molecule has 1 atom stereocenters. The van der Waals surface area contributed by atoms with Gasteiger partial charge in [-0.3, -0.25) is 0 Å². The van der Waals surface area contributed by atoms with E-state index in [-0.39, 0.29) is 11.0 Å². The maximum atomic E-state index is 3.62. The summed E-state index contributed by atoms with van der Waals surface area (Å²) in [5, 5.41) is 7.16. The highest BCUT2D eigenvalue weighted by molar-refractivity contribution is 5.23. The predicted molar refractivity (Wildman–Crippen MR) is 89.3 cm³/mol. The van der Waals surface area contributed by atoms with Crippen molar-refractivity contribution in [2.75, 3.05) is 13.1 Å². The third kappa shape index (κ3) is 6.53. The Kier molecular flexibility index (Phi) is 6.22. The summed E-state index contributed by atoms with van der Waals surface area (Å²) in [4.78, 5) is 0. The molecule has 0 aliphatic carbocycles. The fourth-order valence-corrected chi connectivity index (χ4v) is 2.20. The summed E-state index contributed by atoms with van der Waals surface area (Å²) >= 11 is 0. The summed E-state index contributed by atoms with van der Waals surface area (Å²) in [5.41, 5.74) is 1.84. The molecule has 0 saturated heterocycles. The van der Waals surface area contributed by atoms with Gasteiger partial charge in [0, 0.05) is 18.1 Å². The van der Waals surface area contributed by atoms with Gasteiger partial charge < -0.3 is 10.6 Å². The lowest BCUT2D eigenvalue weighted by Gasteiger charge is -2.28. The predicted octanol–water partition coefficient (Wildman–Crippen LogP) is 3.72. The van der Waals surface area contributed by atoms with Crippen LogP contribution in [0.2, 0.25) is 0 Å². The lowest BCUT2D eigenvalue weighted by Crippen LogP contribution is -2.45. The zero-order valence-electron chi connectivity index (χ0n) is 14.1. The van der Waals surface area contributed by atoms with Gasteiger partial charge in [0.2, 0.25) is 0 Å². The lowest BCUT2D eigenvalue weighted by molar-refractivity contribution is 0.374. The van der Waals surface area contributed by atoms with E-state index in [2.05, 4.69) is 82.5 Å². The van der Waals surface area contributed by atoms with Crippen LogP contribution < -0.4 is 10.6 Å². The monoisotopic (exact) mass is 276 g/mol. The van der Waals surface area contributed by atoms with Gasteiger partial charge in [0.1, 0.15) is 0 Å². The molecule has 1 rings (SSSR count). The second-order valence-corrected chi connectivity index (χ2v) is 7.49.